The van der Waals surface area contributed by atoms with Crippen molar-refractivity contribution in [1.29, 1.82) is 0 Å². The molecule has 6 heteroatoms. The van der Waals surface area contributed by atoms with Crippen molar-refractivity contribution in [3.8, 4) is 0 Å². The fourth-order valence-corrected chi connectivity index (χ4v) is 3.91. The normalized spacial score (nSPS) is 20.0. The van der Waals surface area contributed by atoms with Crippen LogP contribution >= 0.6 is 0 Å². The quantitative estimate of drug-likeness (QED) is 0.873. The van der Waals surface area contributed by atoms with Gasteiger partial charge >= 0.3 is 0 Å². The van der Waals surface area contributed by atoms with Crippen LogP contribution in [0.3, 0.4) is 0 Å². The van der Waals surface area contributed by atoms with E-state index >= 15 is 0 Å². The van der Waals surface area contributed by atoms with Gasteiger partial charge in [0, 0.05) is 13.1 Å². The number of morpholine rings is 1. The molecule has 2 aromatic rings. The molecule has 22 heavy (non-hydrogen) atoms. The molecule has 116 valence electrons. The Balaban J connectivity index is 1.82. The van der Waals surface area contributed by atoms with Gasteiger partial charge < -0.3 is 4.74 Å². The highest BCUT2D eigenvalue weighted by Gasteiger charge is 2.31. The Morgan fingerprint density at radius 2 is 1.73 bits per heavy atom. The molecule has 1 fully saturated rings. The van der Waals surface area contributed by atoms with Crippen molar-refractivity contribution in [2.24, 2.45) is 0 Å². The second-order valence-corrected chi connectivity index (χ2v) is 7.03. The Bertz CT molecular complexity index is 732. The number of benzene rings is 2. The summed E-state index contributed by atoms with van der Waals surface area (Å²) in [6.45, 7) is 0.853. The van der Waals surface area contributed by atoms with Gasteiger partial charge in [-0.05, 0) is 29.8 Å². The van der Waals surface area contributed by atoms with E-state index in [1.807, 2.05) is 0 Å². The minimum atomic E-state index is -3.53. The molecule has 1 atom stereocenters. The number of hydrogen-bond acceptors (Lipinski definition) is 3. The van der Waals surface area contributed by atoms with Gasteiger partial charge in [0.15, 0.2) is 0 Å². The lowest BCUT2D eigenvalue weighted by Gasteiger charge is -2.32. The van der Waals surface area contributed by atoms with Crippen LogP contribution in [0.4, 0.5) is 4.39 Å². The van der Waals surface area contributed by atoms with Gasteiger partial charge in [-0.15, -0.1) is 0 Å². The topological polar surface area (TPSA) is 46.6 Å². The lowest BCUT2D eigenvalue weighted by molar-refractivity contribution is -0.00258. The van der Waals surface area contributed by atoms with Crippen molar-refractivity contribution >= 4 is 10.0 Å². The number of halogens is 1. The zero-order chi connectivity index (χ0) is 15.6. The van der Waals surface area contributed by atoms with Gasteiger partial charge in [0.1, 0.15) is 5.82 Å². The third-order valence-corrected chi connectivity index (χ3v) is 5.53. The van der Waals surface area contributed by atoms with E-state index in [-0.39, 0.29) is 23.4 Å². The summed E-state index contributed by atoms with van der Waals surface area (Å²) >= 11 is 0. The van der Waals surface area contributed by atoms with Crippen LogP contribution < -0.4 is 0 Å². The smallest absolute Gasteiger partial charge is 0.243 e. The number of sulfonamides is 1. The largest absolute Gasteiger partial charge is 0.371 e. The van der Waals surface area contributed by atoms with Gasteiger partial charge in [0.25, 0.3) is 0 Å². The Kier molecular flexibility index (Phi) is 4.24. The summed E-state index contributed by atoms with van der Waals surface area (Å²) in [5.74, 6) is -0.326. The molecular formula is C16H16FNO3S. The van der Waals surface area contributed by atoms with Crippen LogP contribution in [0.2, 0.25) is 0 Å². The van der Waals surface area contributed by atoms with Gasteiger partial charge in [0.05, 0.1) is 17.6 Å². The summed E-state index contributed by atoms with van der Waals surface area (Å²) in [5.41, 5.74) is 0.773. The van der Waals surface area contributed by atoms with Crippen LogP contribution in [0.5, 0.6) is 0 Å². The second-order valence-electron chi connectivity index (χ2n) is 5.09. The molecule has 0 aliphatic carbocycles. The lowest BCUT2D eigenvalue weighted by atomic mass is 10.1. The molecule has 0 radical (unpaired) electrons. The first-order valence-corrected chi connectivity index (χ1v) is 8.43. The summed E-state index contributed by atoms with van der Waals surface area (Å²) in [6.07, 6.45) is -0.382. The first-order chi connectivity index (χ1) is 10.6. The Labute approximate surface area is 129 Å². The monoisotopic (exact) mass is 321 g/mol. The lowest BCUT2D eigenvalue weighted by Crippen LogP contribution is -2.42. The number of nitrogens with zero attached hydrogens (tertiary/aromatic N) is 1. The Morgan fingerprint density at radius 3 is 2.41 bits per heavy atom. The maximum atomic E-state index is 13.0. The Hall–Kier alpha value is -1.76. The summed E-state index contributed by atoms with van der Waals surface area (Å²) < 4.78 is 45.3. The summed E-state index contributed by atoms with van der Waals surface area (Å²) in [5, 5.41) is 0. The average Bonchev–Trinajstić information content (AvgIpc) is 2.56. The standard InChI is InChI=1S/C16H16FNO3S/c17-14-8-6-13(7-9-14)16-12-18(10-11-21-16)22(19,20)15-4-2-1-3-5-15/h1-9,16H,10-12H2. The summed E-state index contributed by atoms with van der Waals surface area (Å²) in [7, 11) is -3.53. The highest BCUT2D eigenvalue weighted by Crippen LogP contribution is 2.26. The summed E-state index contributed by atoms with van der Waals surface area (Å²) in [6, 6.07) is 14.3. The predicted octanol–water partition coefficient (Wildman–Crippen LogP) is 2.59. The molecule has 1 aliphatic heterocycles. The molecule has 0 aromatic heterocycles. The number of ether oxygens (including phenoxy) is 1. The Morgan fingerprint density at radius 1 is 1.05 bits per heavy atom. The van der Waals surface area contributed by atoms with E-state index in [1.165, 1.54) is 16.4 Å². The molecule has 2 aromatic carbocycles. The van der Waals surface area contributed by atoms with E-state index in [9.17, 15) is 12.8 Å². The molecule has 1 unspecified atom stereocenters. The van der Waals surface area contributed by atoms with E-state index in [4.69, 9.17) is 4.74 Å². The molecule has 1 saturated heterocycles. The molecule has 0 amide bonds. The third-order valence-electron chi connectivity index (χ3n) is 3.65. The fraction of sp³-hybridized carbons (Fsp3) is 0.250. The minimum absolute atomic E-state index is 0.225. The minimum Gasteiger partial charge on any atom is -0.371 e. The molecule has 0 spiro atoms. The van der Waals surface area contributed by atoms with Crippen molar-refractivity contribution in [2.45, 2.75) is 11.0 Å². The SMILES string of the molecule is O=S(=O)(c1ccccc1)N1CCOC(c2ccc(F)cc2)C1. The maximum Gasteiger partial charge on any atom is 0.243 e. The zero-order valence-corrected chi connectivity index (χ0v) is 12.7. The van der Waals surface area contributed by atoms with Crippen LogP contribution in [0.25, 0.3) is 0 Å². The highest BCUT2D eigenvalue weighted by molar-refractivity contribution is 7.89. The first-order valence-electron chi connectivity index (χ1n) is 6.99. The van der Waals surface area contributed by atoms with Crippen molar-refractivity contribution in [2.75, 3.05) is 19.7 Å². The zero-order valence-electron chi connectivity index (χ0n) is 11.9. The molecule has 0 N–H and O–H groups in total. The van der Waals surface area contributed by atoms with E-state index in [1.54, 1.807) is 42.5 Å². The van der Waals surface area contributed by atoms with Crippen molar-refractivity contribution in [3.63, 3.8) is 0 Å². The van der Waals surface area contributed by atoms with Crippen LogP contribution in [0.15, 0.2) is 59.5 Å². The van der Waals surface area contributed by atoms with Gasteiger partial charge in [-0.3, -0.25) is 0 Å². The van der Waals surface area contributed by atoms with E-state index in [0.717, 1.165) is 5.56 Å². The van der Waals surface area contributed by atoms with Crippen molar-refractivity contribution in [1.82, 2.24) is 4.31 Å². The van der Waals surface area contributed by atoms with Gasteiger partial charge in [-0.25, -0.2) is 12.8 Å². The van der Waals surface area contributed by atoms with E-state index in [2.05, 4.69) is 0 Å². The maximum absolute atomic E-state index is 13.0. The molecule has 1 aliphatic rings. The molecular weight excluding hydrogens is 305 g/mol. The first kappa shape index (κ1) is 15.1. The van der Waals surface area contributed by atoms with Crippen LogP contribution in [-0.4, -0.2) is 32.4 Å². The van der Waals surface area contributed by atoms with Crippen LogP contribution in [0.1, 0.15) is 11.7 Å². The second kappa shape index (κ2) is 6.16. The number of hydrogen-bond donors (Lipinski definition) is 0. The average molecular weight is 321 g/mol. The van der Waals surface area contributed by atoms with Crippen molar-refractivity contribution < 1.29 is 17.5 Å². The molecule has 0 saturated carbocycles. The summed E-state index contributed by atoms with van der Waals surface area (Å²) in [4.78, 5) is 0.273. The van der Waals surface area contributed by atoms with Crippen molar-refractivity contribution in [3.05, 3.63) is 66.0 Å². The van der Waals surface area contributed by atoms with Crippen LogP contribution in [-0.2, 0) is 14.8 Å². The van der Waals surface area contributed by atoms with Gasteiger partial charge in [-0.1, -0.05) is 30.3 Å². The fourth-order valence-electron chi connectivity index (χ4n) is 2.46. The number of rotatable bonds is 3. The molecule has 1 heterocycles. The van der Waals surface area contributed by atoms with Crippen LogP contribution in [0, 0.1) is 5.82 Å². The van der Waals surface area contributed by atoms with E-state index in [0.29, 0.717) is 13.2 Å². The predicted molar refractivity (Wildman–Crippen MR) is 80.3 cm³/mol. The van der Waals surface area contributed by atoms with E-state index < -0.39 is 10.0 Å². The van der Waals surface area contributed by atoms with Gasteiger partial charge in [-0.2, -0.15) is 4.31 Å². The molecule has 4 nitrogen and oxygen atoms in total. The third kappa shape index (κ3) is 3.04. The highest BCUT2D eigenvalue weighted by atomic mass is 32.2. The van der Waals surface area contributed by atoms with Gasteiger partial charge in [0.2, 0.25) is 10.0 Å². The molecule has 3 rings (SSSR count). The molecule has 0 bridgehead atoms.